The van der Waals surface area contributed by atoms with E-state index in [2.05, 4.69) is 28.5 Å². The summed E-state index contributed by atoms with van der Waals surface area (Å²) in [7, 11) is 1.61. The molecule has 33 heavy (non-hydrogen) atoms. The van der Waals surface area contributed by atoms with Crippen LogP contribution in [-0.2, 0) is 17.6 Å². The lowest BCUT2D eigenvalue weighted by Gasteiger charge is -2.15. The molecule has 0 aliphatic heterocycles. The number of benzene rings is 3. The lowest BCUT2D eigenvalue weighted by Crippen LogP contribution is -2.09. The molecule has 168 valence electrons. The summed E-state index contributed by atoms with van der Waals surface area (Å²) in [5, 5.41) is 4.97. The highest BCUT2D eigenvalue weighted by Crippen LogP contribution is 2.32. The lowest BCUT2D eigenvalue weighted by atomic mass is 10.0. The number of pyridine rings is 1. The molecule has 1 aromatic heterocycles. The molecule has 0 bridgehead atoms. The number of aryl methyl sites for hydroxylation is 2. The van der Waals surface area contributed by atoms with Gasteiger partial charge in [0, 0.05) is 22.3 Å². The maximum Gasteiger partial charge on any atom is 0.341 e. The van der Waals surface area contributed by atoms with Crippen LogP contribution in [0.4, 0.5) is 11.4 Å². The zero-order valence-electron chi connectivity index (χ0n) is 18.6. The molecule has 0 atom stereocenters. The number of methoxy groups -OCH3 is 1. The van der Waals surface area contributed by atoms with Crippen molar-refractivity contribution in [1.29, 1.82) is 0 Å². The van der Waals surface area contributed by atoms with Crippen molar-refractivity contribution in [2.45, 2.75) is 19.8 Å². The fourth-order valence-electron chi connectivity index (χ4n) is 3.68. The summed E-state index contributed by atoms with van der Waals surface area (Å²) in [5.74, 6) is 0.261. The van der Waals surface area contributed by atoms with Crippen LogP contribution in [0.5, 0.6) is 5.75 Å². The van der Waals surface area contributed by atoms with Crippen molar-refractivity contribution < 1.29 is 14.3 Å². The SMILES string of the molecule is CCOC(=O)c1cnc2ccc(OC)cc2c1Nc1ccc(CCc2ccccc2Cl)cc1. The molecule has 0 unspecified atom stereocenters. The Balaban J connectivity index is 1.61. The zero-order valence-corrected chi connectivity index (χ0v) is 19.4. The average Bonchev–Trinajstić information content (AvgIpc) is 2.84. The second-order valence-corrected chi connectivity index (χ2v) is 7.97. The highest BCUT2D eigenvalue weighted by atomic mass is 35.5. The van der Waals surface area contributed by atoms with E-state index in [0.29, 0.717) is 17.0 Å². The van der Waals surface area contributed by atoms with Gasteiger partial charge in [-0.05, 0) is 67.3 Å². The zero-order chi connectivity index (χ0) is 23.2. The number of nitrogens with one attached hydrogen (secondary N) is 1. The third-order valence-corrected chi connectivity index (χ3v) is 5.80. The molecule has 1 heterocycles. The van der Waals surface area contributed by atoms with Crippen molar-refractivity contribution in [3.8, 4) is 5.75 Å². The van der Waals surface area contributed by atoms with E-state index < -0.39 is 5.97 Å². The number of nitrogens with zero attached hydrogens (tertiary/aromatic N) is 1. The predicted molar refractivity (Wildman–Crippen MR) is 133 cm³/mol. The number of ether oxygens (including phenoxy) is 2. The molecule has 4 aromatic rings. The molecule has 5 nitrogen and oxygen atoms in total. The Hall–Kier alpha value is -3.57. The van der Waals surface area contributed by atoms with E-state index in [-0.39, 0.29) is 6.61 Å². The predicted octanol–water partition coefficient (Wildman–Crippen LogP) is 6.60. The number of esters is 1. The van der Waals surface area contributed by atoms with Crippen molar-refractivity contribution in [2.75, 3.05) is 19.0 Å². The van der Waals surface area contributed by atoms with Crippen LogP contribution in [0.3, 0.4) is 0 Å². The topological polar surface area (TPSA) is 60.5 Å². The molecule has 0 saturated carbocycles. The summed E-state index contributed by atoms with van der Waals surface area (Å²) in [4.78, 5) is 17.0. The Morgan fingerprint density at radius 3 is 2.55 bits per heavy atom. The first-order chi connectivity index (χ1) is 16.1. The van der Waals surface area contributed by atoms with Crippen LogP contribution in [0, 0.1) is 0 Å². The van der Waals surface area contributed by atoms with Gasteiger partial charge in [0.15, 0.2) is 0 Å². The van der Waals surface area contributed by atoms with Crippen molar-refractivity contribution in [3.05, 3.63) is 94.6 Å². The average molecular weight is 461 g/mol. The Morgan fingerprint density at radius 1 is 1.03 bits per heavy atom. The molecule has 0 saturated heterocycles. The van der Waals surface area contributed by atoms with Gasteiger partial charge in [-0.2, -0.15) is 0 Å². The molecule has 3 aromatic carbocycles. The van der Waals surface area contributed by atoms with Gasteiger partial charge in [0.25, 0.3) is 0 Å². The second-order valence-electron chi connectivity index (χ2n) is 7.56. The number of anilines is 2. The van der Waals surface area contributed by atoms with Gasteiger partial charge < -0.3 is 14.8 Å². The smallest absolute Gasteiger partial charge is 0.341 e. The maximum absolute atomic E-state index is 12.6. The van der Waals surface area contributed by atoms with Crippen molar-refractivity contribution >= 4 is 39.8 Å². The molecule has 1 N–H and O–H groups in total. The van der Waals surface area contributed by atoms with E-state index in [1.165, 1.54) is 5.56 Å². The van der Waals surface area contributed by atoms with E-state index >= 15 is 0 Å². The Kier molecular flexibility index (Phi) is 7.10. The number of carbonyl (C=O) groups excluding carboxylic acids is 1. The second kappa shape index (κ2) is 10.4. The molecule has 0 spiro atoms. The van der Waals surface area contributed by atoms with Gasteiger partial charge in [-0.3, -0.25) is 4.98 Å². The standard InChI is InChI=1S/C27H25ClN2O3/c1-3-33-27(31)23-17-29-25-15-14-21(32-2)16-22(25)26(23)30-20-12-9-18(10-13-20)8-11-19-6-4-5-7-24(19)28/h4-7,9-10,12-17H,3,8,11H2,1-2H3,(H,29,30). The number of aromatic nitrogens is 1. The first-order valence-corrected chi connectivity index (χ1v) is 11.2. The first kappa shape index (κ1) is 22.6. The molecule has 0 aliphatic rings. The maximum atomic E-state index is 12.6. The Labute approximate surface area is 198 Å². The minimum absolute atomic E-state index is 0.286. The van der Waals surface area contributed by atoms with Gasteiger partial charge in [-0.15, -0.1) is 0 Å². The van der Waals surface area contributed by atoms with E-state index in [0.717, 1.165) is 40.0 Å². The highest BCUT2D eigenvalue weighted by Gasteiger charge is 2.17. The van der Waals surface area contributed by atoms with Crippen LogP contribution < -0.4 is 10.1 Å². The van der Waals surface area contributed by atoms with Crippen LogP contribution in [-0.4, -0.2) is 24.7 Å². The Morgan fingerprint density at radius 2 is 1.82 bits per heavy atom. The van der Waals surface area contributed by atoms with Gasteiger partial charge >= 0.3 is 5.97 Å². The third kappa shape index (κ3) is 5.26. The van der Waals surface area contributed by atoms with Crippen molar-refractivity contribution in [3.63, 3.8) is 0 Å². The number of carbonyl (C=O) groups is 1. The van der Waals surface area contributed by atoms with Gasteiger partial charge in [0.05, 0.1) is 24.9 Å². The monoisotopic (exact) mass is 460 g/mol. The molecule has 0 amide bonds. The number of halogens is 1. The van der Waals surface area contributed by atoms with Crippen molar-refractivity contribution in [1.82, 2.24) is 4.98 Å². The molecule has 6 heteroatoms. The number of hydrogen-bond acceptors (Lipinski definition) is 5. The first-order valence-electron chi connectivity index (χ1n) is 10.8. The van der Waals surface area contributed by atoms with Crippen LogP contribution in [0.1, 0.15) is 28.4 Å². The van der Waals surface area contributed by atoms with Crippen LogP contribution >= 0.6 is 11.6 Å². The van der Waals surface area contributed by atoms with Gasteiger partial charge in [-0.1, -0.05) is 41.9 Å². The molecule has 0 aliphatic carbocycles. The van der Waals surface area contributed by atoms with Crippen molar-refractivity contribution in [2.24, 2.45) is 0 Å². The molecule has 4 rings (SSSR count). The summed E-state index contributed by atoms with van der Waals surface area (Å²) >= 11 is 6.28. The van der Waals surface area contributed by atoms with Crippen LogP contribution in [0.15, 0.2) is 72.9 Å². The van der Waals surface area contributed by atoms with E-state index in [1.807, 2.05) is 48.5 Å². The van der Waals surface area contributed by atoms with Crippen LogP contribution in [0.25, 0.3) is 10.9 Å². The molecule has 0 radical (unpaired) electrons. The third-order valence-electron chi connectivity index (χ3n) is 5.43. The van der Waals surface area contributed by atoms with Gasteiger partial charge in [-0.25, -0.2) is 4.79 Å². The summed E-state index contributed by atoms with van der Waals surface area (Å²) in [6, 6.07) is 21.6. The number of rotatable bonds is 8. The fourth-order valence-corrected chi connectivity index (χ4v) is 3.91. The largest absolute Gasteiger partial charge is 0.497 e. The fraction of sp³-hybridized carbons (Fsp3) is 0.185. The van der Waals surface area contributed by atoms with Gasteiger partial charge in [0.1, 0.15) is 11.3 Å². The molecular formula is C27H25ClN2O3. The Bertz CT molecular complexity index is 1270. The van der Waals surface area contributed by atoms with E-state index in [4.69, 9.17) is 21.1 Å². The minimum atomic E-state index is -0.423. The number of fused-ring (bicyclic) bond motifs is 1. The van der Waals surface area contributed by atoms with E-state index in [9.17, 15) is 4.79 Å². The number of hydrogen-bond donors (Lipinski definition) is 1. The summed E-state index contributed by atoms with van der Waals surface area (Å²) < 4.78 is 10.6. The lowest BCUT2D eigenvalue weighted by molar-refractivity contribution is 0.0527. The van der Waals surface area contributed by atoms with Gasteiger partial charge in [0.2, 0.25) is 0 Å². The quantitative estimate of drug-likeness (QED) is 0.300. The van der Waals surface area contributed by atoms with E-state index in [1.54, 1.807) is 20.2 Å². The molecule has 0 fully saturated rings. The summed E-state index contributed by atoms with van der Waals surface area (Å²) in [6.45, 7) is 2.07. The molecular weight excluding hydrogens is 436 g/mol. The highest BCUT2D eigenvalue weighted by molar-refractivity contribution is 6.31. The minimum Gasteiger partial charge on any atom is -0.497 e. The summed E-state index contributed by atoms with van der Waals surface area (Å²) in [6.07, 6.45) is 3.30. The normalized spacial score (nSPS) is 10.8. The summed E-state index contributed by atoms with van der Waals surface area (Å²) in [5.41, 5.74) is 4.96. The van der Waals surface area contributed by atoms with Crippen LogP contribution in [0.2, 0.25) is 5.02 Å².